The summed E-state index contributed by atoms with van der Waals surface area (Å²) in [5, 5.41) is 0.709. The fourth-order valence-electron chi connectivity index (χ4n) is 1.56. The molecule has 0 unspecified atom stereocenters. The van der Waals surface area contributed by atoms with Gasteiger partial charge in [-0.1, -0.05) is 36.0 Å². The predicted octanol–water partition coefficient (Wildman–Crippen LogP) is 4.00. The second-order valence-corrected chi connectivity index (χ2v) is 4.58. The molecule has 1 heterocycles. The van der Waals surface area contributed by atoms with Gasteiger partial charge in [0.25, 0.3) is 0 Å². The number of hydrogen-bond donors (Lipinski definition) is 1. The third-order valence-electron chi connectivity index (χ3n) is 2.39. The van der Waals surface area contributed by atoms with Gasteiger partial charge in [0.1, 0.15) is 17.1 Å². The zero-order valence-corrected chi connectivity index (χ0v) is 11.5. The van der Waals surface area contributed by atoms with Crippen molar-refractivity contribution in [2.45, 2.75) is 13.5 Å². The van der Waals surface area contributed by atoms with Crippen molar-refractivity contribution in [1.29, 1.82) is 0 Å². The van der Waals surface area contributed by atoms with Crippen molar-refractivity contribution in [2.24, 2.45) is 0 Å². The van der Waals surface area contributed by atoms with Crippen LogP contribution in [-0.2, 0) is 11.3 Å². The first-order valence-corrected chi connectivity index (χ1v) is 6.41. The zero-order chi connectivity index (χ0) is 13.0. The summed E-state index contributed by atoms with van der Waals surface area (Å²) in [5.74, 6) is 0.731. The molecule has 0 bridgehead atoms. The first-order chi connectivity index (χ1) is 8.69. The molecular weight excluding hydrogens is 268 g/mol. The monoisotopic (exact) mass is 280 g/mol. The van der Waals surface area contributed by atoms with Gasteiger partial charge in [0.05, 0.1) is 0 Å². The third-order valence-corrected chi connectivity index (χ3v) is 2.85. The van der Waals surface area contributed by atoms with Crippen LogP contribution in [0.2, 0.25) is 5.02 Å². The average molecular weight is 281 g/mol. The van der Waals surface area contributed by atoms with Crippen LogP contribution in [0.4, 0.5) is 0 Å². The lowest BCUT2D eigenvalue weighted by Gasteiger charge is -2.06. The average Bonchev–Trinajstić information content (AvgIpc) is 2.36. The quantitative estimate of drug-likeness (QED) is 0.861. The molecule has 0 radical (unpaired) electrons. The molecule has 3 nitrogen and oxygen atoms in total. The van der Waals surface area contributed by atoms with Gasteiger partial charge in [0.2, 0.25) is 0 Å². The van der Waals surface area contributed by atoms with Crippen LogP contribution in [0.5, 0.6) is 0 Å². The van der Waals surface area contributed by atoms with Gasteiger partial charge in [-0.25, -0.2) is 4.98 Å². The highest BCUT2D eigenvalue weighted by Crippen LogP contribution is 2.19. The van der Waals surface area contributed by atoms with E-state index in [1.807, 2.05) is 37.3 Å². The molecule has 0 saturated carbocycles. The van der Waals surface area contributed by atoms with Crippen molar-refractivity contribution in [2.75, 3.05) is 6.61 Å². The summed E-state index contributed by atoms with van der Waals surface area (Å²) in [4.78, 5) is 7.43. The van der Waals surface area contributed by atoms with Crippen LogP contribution in [0.3, 0.4) is 0 Å². The highest BCUT2D eigenvalue weighted by atomic mass is 35.5. The number of benzene rings is 1. The summed E-state index contributed by atoms with van der Waals surface area (Å²) in [5.41, 5.74) is 1.94. The minimum absolute atomic E-state index is 0.432. The van der Waals surface area contributed by atoms with Gasteiger partial charge in [0.15, 0.2) is 0 Å². The van der Waals surface area contributed by atoms with Crippen LogP contribution in [0.1, 0.15) is 12.7 Å². The molecule has 1 aromatic carbocycles. The lowest BCUT2D eigenvalue weighted by molar-refractivity contribution is 0.128. The van der Waals surface area contributed by atoms with Crippen molar-refractivity contribution < 1.29 is 4.74 Å². The van der Waals surface area contributed by atoms with Crippen LogP contribution in [0.15, 0.2) is 30.3 Å². The van der Waals surface area contributed by atoms with Gasteiger partial charge in [-0.3, -0.25) is 0 Å². The Labute approximate surface area is 116 Å². The van der Waals surface area contributed by atoms with Crippen LogP contribution in [0, 0.1) is 4.64 Å². The van der Waals surface area contributed by atoms with E-state index in [1.54, 1.807) is 0 Å². The zero-order valence-electron chi connectivity index (χ0n) is 9.94. The molecule has 0 spiro atoms. The molecule has 1 N–H and O–H groups in total. The van der Waals surface area contributed by atoms with Crippen LogP contribution in [0.25, 0.3) is 11.3 Å². The maximum absolute atomic E-state index is 5.87. The first-order valence-electron chi connectivity index (χ1n) is 5.63. The van der Waals surface area contributed by atoms with Gasteiger partial charge in [0, 0.05) is 17.3 Å². The van der Waals surface area contributed by atoms with Crippen molar-refractivity contribution >= 4 is 23.8 Å². The lowest BCUT2D eigenvalue weighted by Crippen LogP contribution is -2.00. The van der Waals surface area contributed by atoms with Crippen molar-refractivity contribution in [3.05, 3.63) is 45.8 Å². The number of hydrogen-bond acceptors (Lipinski definition) is 3. The van der Waals surface area contributed by atoms with E-state index in [9.17, 15) is 0 Å². The fourth-order valence-corrected chi connectivity index (χ4v) is 1.91. The Morgan fingerprint density at radius 2 is 2.06 bits per heavy atom. The number of halogens is 1. The maximum atomic E-state index is 5.87. The molecule has 2 rings (SSSR count). The molecule has 0 aliphatic heterocycles. The van der Waals surface area contributed by atoms with Gasteiger partial charge in [-0.05, 0) is 30.7 Å². The molecule has 0 saturated heterocycles. The van der Waals surface area contributed by atoms with E-state index < -0.39 is 0 Å². The Bertz CT molecular complexity index is 580. The molecule has 0 aliphatic carbocycles. The molecule has 1 aromatic heterocycles. The summed E-state index contributed by atoms with van der Waals surface area (Å²) >= 11 is 11.0. The van der Waals surface area contributed by atoms with Crippen molar-refractivity contribution in [1.82, 2.24) is 9.97 Å². The summed E-state index contributed by atoms with van der Waals surface area (Å²) in [6.45, 7) is 3.02. The van der Waals surface area contributed by atoms with Gasteiger partial charge in [-0.15, -0.1) is 0 Å². The van der Waals surface area contributed by atoms with Gasteiger partial charge < -0.3 is 9.72 Å². The van der Waals surface area contributed by atoms with Gasteiger partial charge in [-0.2, -0.15) is 0 Å². The van der Waals surface area contributed by atoms with E-state index in [1.165, 1.54) is 0 Å². The third kappa shape index (κ3) is 3.38. The molecule has 5 heteroatoms. The summed E-state index contributed by atoms with van der Waals surface area (Å²) in [7, 11) is 0. The van der Waals surface area contributed by atoms with Crippen LogP contribution >= 0.6 is 23.8 Å². The number of nitrogens with zero attached hydrogens (tertiary/aromatic N) is 1. The second kappa shape index (κ2) is 6.09. The van der Waals surface area contributed by atoms with Crippen molar-refractivity contribution in [3.63, 3.8) is 0 Å². The number of aromatic amines is 1. The molecule has 18 heavy (non-hydrogen) atoms. The van der Waals surface area contributed by atoms with E-state index in [0.29, 0.717) is 22.9 Å². The number of rotatable bonds is 4. The highest BCUT2D eigenvalue weighted by molar-refractivity contribution is 7.71. The lowest BCUT2D eigenvalue weighted by atomic mass is 10.1. The van der Waals surface area contributed by atoms with E-state index in [-0.39, 0.29) is 0 Å². The molecule has 0 amide bonds. The largest absolute Gasteiger partial charge is 0.374 e. The second-order valence-electron chi connectivity index (χ2n) is 3.72. The fraction of sp³-hybridized carbons (Fsp3) is 0.231. The van der Waals surface area contributed by atoms with E-state index in [2.05, 4.69) is 9.97 Å². The predicted molar refractivity (Wildman–Crippen MR) is 75.2 cm³/mol. The van der Waals surface area contributed by atoms with Gasteiger partial charge >= 0.3 is 0 Å². The molecular formula is C13H13ClN2OS. The normalized spacial score (nSPS) is 10.6. The highest BCUT2D eigenvalue weighted by Gasteiger charge is 2.02. The Balaban J connectivity index is 2.35. The Morgan fingerprint density at radius 3 is 2.72 bits per heavy atom. The molecule has 0 fully saturated rings. The Kier molecular flexibility index (Phi) is 4.47. The summed E-state index contributed by atoms with van der Waals surface area (Å²) in [6.07, 6.45) is 0. The SMILES string of the molecule is CCOCc1nc(=S)cc(-c2ccc(Cl)cc2)[nH]1. The van der Waals surface area contributed by atoms with Crippen LogP contribution < -0.4 is 0 Å². The summed E-state index contributed by atoms with van der Waals surface area (Å²) < 4.78 is 5.87. The number of nitrogens with one attached hydrogen (secondary N) is 1. The van der Waals surface area contributed by atoms with E-state index in [0.717, 1.165) is 17.1 Å². The minimum atomic E-state index is 0.432. The molecule has 0 aliphatic rings. The first kappa shape index (κ1) is 13.2. The van der Waals surface area contributed by atoms with E-state index >= 15 is 0 Å². The topological polar surface area (TPSA) is 37.9 Å². The number of aromatic nitrogens is 2. The molecule has 0 atom stereocenters. The summed E-state index contributed by atoms with van der Waals surface area (Å²) in [6, 6.07) is 9.39. The van der Waals surface area contributed by atoms with E-state index in [4.69, 9.17) is 28.6 Å². The maximum Gasteiger partial charge on any atom is 0.134 e. The van der Waals surface area contributed by atoms with Crippen LogP contribution in [-0.4, -0.2) is 16.6 Å². The van der Waals surface area contributed by atoms with Crippen molar-refractivity contribution in [3.8, 4) is 11.3 Å². The standard InChI is InChI=1S/C13H13ClN2OS/c1-2-17-8-12-15-11(7-13(18)16-12)9-3-5-10(14)6-4-9/h3-7H,2,8H2,1H3,(H,15,16,18). The Morgan fingerprint density at radius 1 is 1.33 bits per heavy atom. The smallest absolute Gasteiger partial charge is 0.134 e. The number of ether oxygens (including phenoxy) is 1. The molecule has 94 valence electrons. The Hall–Kier alpha value is -1.23. The minimum Gasteiger partial charge on any atom is -0.374 e. The number of H-pyrrole nitrogens is 1. The molecule has 2 aromatic rings.